The number of rotatable bonds is 2. The van der Waals surface area contributed by atoms with Gasteiger partial charge in [-0.2, -0.15) is 5.26 Å². The Hall–Kier alpha value is -3.02. The van der Waals surface area contributed by atoms with Gasteiger partial charge in [-0.1, -0.05) is 0 Å². The van der Waals surface area contributed by atoms with Crippen LogP contribution >= 0.6 is 0 Å². The maximum atomic E-state index is 12.5. The van der Waals surface area contributed by atoms with Crippen molar-refractivity contribution in [2.24, 2.45) is 0 Å². The number of carbonyl (C=O) groups excluding carboxylic acids is 1. The molecule has 0 saturated carbocycles. The average Bonchev–Trinajstić information content (AvgIpc) is 2.94. The highest BCUT2D eigenvalue weighted by Gasteiger charge is 2.43. The molecule has 2 fully saturated rings. The van der Waals surface area contributed by atoms with Gasteiger partial charge in [-0.05, 0) is 30.3 Å². The number of anilines is 2. The molecule has 0 aliphatic carbocycles. The molecule has 1 amide bonds. The molecule has 1 unspecified atom stereocenters. The zero-order valence-corrected chi connectivity index (χ0v) is 14.7. The Morgan fingerprint density at radius 3 is 2.67 bits per heavy atom. The molecule has 8 heteroatoms. The van der Waals surface area contributed by atoms with Crippen molar-refractivity contribution in [2.45, 2.75) is 5.60 Å². The number of hydrogen-bond acceptors (Lipinski definition) is 7. The zero-order chi connectivity index (χ0) is 18.7. The average molecular weight is 365 g/mol. The molecule has 0 bridgehead atoms. The summed E-state index contributed by atoms with van der Waals surface area (Å²) in [7, 11) is 0. The molecule has 138 valence electrons. The first-order chi connectivity index (χ1) is 13.2. The van der Waals surface area contributed by atoms with E-state index in [0.29, 0.717) is 44.4 Å². The topological polar surface area (TPSA) is 91.6 Å². The summed E-state index contributed by atoms with van der Waals surface area (Å²) in [6.07, 6.45) is 3.41. The quantitative estimate of drug-likeness (QED) is 0.783. The lowest BCUT2D eigenvalue weighted by Gasteiger charge is -2.43. The van der Waals surface area contributed by atoms with Crippen LogP contribution in [0.1, 0.15) is 5.56 Å². The second-order valence-electron chi connectivity index (χ2n) is 6.63. The minimum Gasteiger partial charge on any atom is -0.376 e. The van der Waals surface area contributed by atoms with E-state index in [0.717, 1.165) is 5.69 Å². The first-order valence-corrected chi connectivity index (χ1v) is 8.73. The first kappa shape index (κ1) is 17.4. The summed E-state index contributed by atoms with van der Waals surface area (Å²) >= 11 is 0. The molecular formula is C19H19N5O3. The molecule has 8 nitrogen and oxygen atoms in total. The van der Waals surface area contributed by atoms with E-state index in [1.807, 2.05) is 4.90 Å². The van der Waals surface area contributed by atoms with Crippen LogP contribution in [0.5, 0.6) is 0 Å². The number of aromatic nitrogens is 2. The third-order valence-corrected chi connectivity index (χ3v) is 4.74. The van der Waals surface area contributed by atoms with Crippen LogP contribution in [0.15, 0.2) is 42.7 Å². The number of nitriles is 1. The van der Waals surface area contributed by atoms with Gasteiger partial charge in [0, 0.05) is 24.6 Å². The van der Waals surface area contributed by atoms with Crippen molar-refractivity contribution in [1.29, 1.82) is 5.26 Å². The van der Waals surface area contributed by atoms with Gasteiger partial charge in [0.15, 0.2) is 0 Å². The van der Waals surface area contributed by atoms with Crippen LogP contribution in [0.3, 0.4) is 0 Å². The third kappa shape index (κ3) is 3.60. The number of benzene rings is 1. The van der Waals surface area contributed by atoms with Crippen molar-refractivity contribution in [3.05, 3.63) is 48.3 Å². The summed E-state index contributed by atoms with van der Waals surface area (Å²) in [4.78, 5) is 24.8. The largest absolute Gasteiger partial charge is 0.376 e. The van der Waals surface area contributed by atoms with Crippen LogP contribution in [-0.2, 0) is 14.3 Å². The Labute approximate surface area is 157 Å². The number of amides is 1. The molecule has 2 aliphatic rings. The molecule has 1 aromatic carbocycles. The number of ether oxygens (including phenoxy) is 2. The number of morpholine rings is 1. The highest BCUT2D eigenvalue weighted by molar-refractivity contribution is 5.95. The summed E-state index contributed by atoms with van der Waals surface area (Å²) in [6.45, 7) is 2.44. The molecule has 2 aliphatic heterocycles. The summed E-state index contributed by atoms with van der Waals surface area (Å²) < 4.78 is 11.8. The van der Waals surface area contributed by atoms with Gasteiger partial charge in [-0.25, -0.2) is 9.97 Å². The molecule has 27 heavy (non-hydrogen) atoms. The summed E-state index contributed by atoms with van der Waals surface area (Å²) in [5.74, 6) is 0.505. The molecule has 1 atom stereocenters. The van der Waals surface area contributed by atoms with Crippen LogP contribution in [0.25, 0.3) is 0 Å². The first-order valence-electron chi connectivity index (χ1n) is 8.73. The number of nitrogens with zero attached hydrogens (tertiary/aromatic N) is 5. The minimum absolute atomic E-state index is 0.0210. The van der Waals surface area contributed by atoms with Gasteiger partial charge in [0.25, 0.3) is 5.91 Å². The summed E-state index contributed by atoms with van der Waals surface area (Å²) in [5, 5.41) is 8.97. The summed E-state index contributed by atoms with van der Waals surface area (Å²) in [6, 6.07) is 10.8. The van der Waals surface area contributed by atoms with Crippen molar-refractivity contribution in [1.82, 2.24) is 9.97 Å². The SMILES string of the molecule is N#Cc1ccc(N2CC3(COCCN(c4ncccn4)C3)OCC2=O)cc1. The van der Waals surface area contributed by atoms with E-state index < -0.39 is 5.60 Å². The Balaban J connectivity index is 1.59. The lowest BCUT2D eigenvalue weighted by molar-refractivity contribution is -0.143. The fraction of sp³-hybridized carbons (Fsp3) is 0.368. The molecule has 1 aromatic heterocycles. The van der Waals surface area contributed by atoms with Crippen LogP contribution in [-0.4, -0.2) is 60.9 Å². The predicted molar refractivity (Wildman–Crippen MR) is 97.3 cm³/mol. The lowest BCUT2D eigenvalue weighted by Crippen LogP contribution is -2.61. The second-order valence-corrected chi connectivity index (χ2v) is 6.63. The highest BCUT2D eigenvalue weighted by Crippen LogP contribution is 2.28. The maximum absolute atomic E-state index is 12.5. The van der Waals surface area contributed by atoms with E-state index in [9.17, 15) is 4.79 Å². The number of carbonyl (C=O) groups is 1. The van der Waals surface area contributed by atoms with Crippen LogP contribution in [0.2, 0.25) is 0 Å². The molecule has 2 saturated heterocycles. The van der Waals surface area contributed by atoms with E-state index in [2.05, 4.69) is 16.0 Å². The normalized spacial score (nSPS) is 23.1. The maximum Gasteiger partial charge on any atom is 0.253 e. The van der Waals surface area contributed by atoms with Crippen molar-refractivity contribution >= 4 is 17.5 Å². The van der Waals surface area contributed by atoms with Gasteiger partial charge in [0.1, 0.15) is 12.2 Å². The molecule has 0 radical (unpaired) electrons. The Morgan fingerprint density at radius 1 is 1.15 bits per heavy atom. The fourth-order valence-electron chi connectivity index (χ4n) is 3.38. The van der Waals surface area contributed by atoms with Gasteiger partial charge in [-0.3, -0.25) is 4.79 Å². The number of hydrogen-bond donors (Lipinski definition) is 0. The second kappa shape index (κ2) is 7.31. The molecule has 0 N–H and O–H groups in total. The molecule has 4 rings (SSSR count). The molecule has 3 heterocycles. The van der Waals surface area contributed by atoms with E-state index in [1.54, 1.807) is 47.6 Å². The molecular weight excluding hydrogens is 346 g/mol. The molecule has 1 spiro atoms. The van der Waals surface area contributed by atoms with Crippen molar-refractivity contribution in [3.8, 4) is 6.07 Å². The van der Waals surface area contributed by atoms with Crippen molar-refractivity contribution in [2.75, 3.05) is 49.3 Å². The monoisotopic (exact) mass is 365 g/mol. The summed E-state index contributed by atoms with van der Waals surface area (Å²) in [5.41, 5.74) is 0.630. The van der Waals surface area contributed by atoms with E-state index in [4.69, 9.17) is 14.7 Å². The van der Waals surface area contributed by atoms with Crippen LogP contribution in [0.4, 0.5) is 11.6 Å². The Kier molecular flexibility index (Phi) is 4.71. The highest BCUT2D eigenvalue weighted by atomic mass is 16.6. The molecule has 2 aromatic rings. The van der Waals surface area contributed by atoms with Crippen molar-refractivity contribution < 1.29 is 14.3 Å². The van der Waals surface area contributed by atoms with Crippen LogP contribution in [0, 0.1) is 11.3 Å². The van der Waals surface area contributed by atoms with Gasteiger partial charge in [0.05, 0.1) is 37.9 Å². The smallest absolute Gasteiger partial charge is 0.253 e. The van der Waals surface area contributed by atoms with Gasteiger partial charge in [-0.15, -0.1) is 0 Å². The minimum atomic E-state index is -0.669. The third-order valence-electron chi connectivity index (χ3n) is 4.74. The Bertz CT molecular complexity index is 852. The lowest BCUT2D eigenvalue weighted by atomic mass is 10.0. The van der Waals surface area contributed by atoms with Gasteiger partial charge >= 0.3 is 0 Å². The van der Waals surface area contributed by atoms with Crippen LogP contribution < -0.4 is 9.80 Å². The van der Waals surface area contributed by atoms with E-state index in [-0.39, 0.29) is 12.5 Å². The zero-order valence-electron chi connectivity index (χ0n) is 14.7. The van der Waals surface area contributed by atoms with E-state index >= 15 is 0 Å². The standard InChI is InChI=1S/C19H19N5O3/c20-10-15-2-4-16(5-3-15)24-13-19(27-11-17(24)25)12-23(8-9-26-14-19)18-21-6-1-7-22-18/h1-7H,8-9,11-14H2. The Morgan fingerprint density at radius 2 is 1.93 bits per heavy atom. The fourth-order valence-corrected chi connectivity index (χ4v) is 3.38. The predicted octanol–water partition coefficient (Wildman–Crippen LogP) is 0.987. The van der Waals surface area contributed by atoms with Gasteiger partial charge < -0.3 is 19.3 Å². The van der Waals surface area contributed by atoms with E-state index in [1.165, 1.54) is 0 Å². The van der Waals surface area contributed by atoms with Crippen molar-refractivity contribution in [3.63, 3.8) is 0 Å². The van der Waals surface area contributed by atoms with Gasteiger partial charge in [0.2, 0.25) is 5.95 Å².